The van der Waals surface area contributed by atoms with Crippen LogP contribution < -0.4 is 9.47 Å². The zero-order valence-electron chi connectivity index (χ0n) is 13.5. The van der Waals surface area contributed by atoms with Crippen LogP contribution in [0.5, 0.6) is 11.6 Å². The average Bonchev–Trinajstić information content (AvgIpc) is 2.60. The van der Waals surface area contributed by atoms with E-state index in [1.54, 1.807) is 31.4 Å². The van der Waals surface area contributed by atoms with Gasteiger partial charge in [0.1, 0.15) is 24.8 Å². The average molecular weight is 350 g/mol. The molecule has 2 heterocycles. The number of nitrogens with zero attached hydrogens (tertiary/aromatic N) is 3. The summed E-state index contributed by atoms with van der Waals surface area (Å²) in [4.78, 5) is 10.6. The molecule has 0 saturated carbocycles. The number of β-amino-alcohol motifs (C(OH)–C–C–N with tert-alkyl or cyclic N) is 1. The number of hydrogen-bond donors (Lipinski definition) is 1. The summed E-state index contributed by atoms with van der Waals surface area (Å²) >= 11 is 5.84. The molecule has 0 amide bonds. The zero-order chi connectivity index (χ0) is 16.9. The number of benzene rings is 1. The monoisotopic (exact) mass is 349 g/mol. The quantitative estimate of drug-likeness (QED) is 0.859. The zero-order valence-corrected chi connectivity index (χ0v) is 14.2. The molecule has 3 rings (SSSR count). The third-order valence-corrected chi connectivity index (χ3v) is 4.21. The van der Waals surface area contributed by atoms with Crippen molar-refractivity contribution in [3.05, 3.63) is 46.9 Å². The van der Waals surface area contributed by atoms with E-state index in [-0.39, 0.29) is 6.61 Å². The van der Waals surface area contributed by atoms with Gasteiger partial charge in [-0.15, -0.1) is 0 Å². The van der Waals surface area contributed by atoms with E-state index in [1.165, 1.54) is 6.33 Å². The molecule has 0 fully saturated rings. The highest BCUT2D eigenvalue weighted by atomic mass is 35.5. The maximum atomic E-state index is 10.2. The number of fused-ring (bicyclic) bond motifs is 1. The van der Waals surface area contributed by atoms with Gasteiger partial charge in [0.05, 0.1) is 12.8 Å². The SMILES string of the molecule is COc1ncnc2c1CN(C[C@@H](O)COc1ccc(Cl)cc1)CC2. The number of aliphatic hydroxyl groups excluding tert-OH is 1. The van der Waals surface area contributed by atoms with Crippen LogP contribution in [0.3, 0.4) is 0 Å². The van der Waals surface area contributed by atoms with E-state index in [0.29, 0.717) is 29.7 Å². The lowest BCUT2D eigenvalue weighted by Gasteiger charge is -2.30. The van der Waals surface area contributed by atoms with Gasteiger partial charge >= 0.3 is 0 Å². The second-order valence-electron chi connectivity index (χ2n) is 5.71. The van der Waals surface area contributed by atoms with E-state index in [1.807, 2.05) is 0 Å². The molecule has 2 aromatic rings. The van der Waals surface area contributed by atoms with Gasteiger partial charge in [-0.1, -0.05) is 11.6 Å². The summed E-state index contributed by atoms with van der Waals surface area (Å²) in [6, 6.07) is 7.09. The molecule has 0 saturated heterocycles. The number of rotatable bonds is 6. The van der Waals surface area contributed by atoms with E-state index in [2.05, 4.69) is 14.9 Å². The predicted octanol–water partition coefficient (Wildman–Crippen LogP) is 1.94. The fraction of sp³-hybridized carbons (Fsp3) is 0.412. The molecule has 7 heteroatoms. The molecule has 24 heavy (non-hydrogen) atoms. The Labute approximate surface area is 146 Å². The summed E-state index contributed by atoms with van der Waals surface area (Å²) in [6.45, 7) is 2.25. The Morgan fingerprint density at radius 3 is 2.83 bits per heavy atom. The molecule has 1 aliphatic rings. The first kappa shape index (κ1) is 17.0. The molecule has 0 aliphatic carbocycles. The minimum Gasteiger partial charge on any atom is -0.491 e. The fourth-order valence-electron chi connectivity index (χ4n) is 2.78. The number of methoxy groups -OCH3 is 1. The lowest BCUT2D eigenvalue weighted by Crippen LogP contribution is -2.39. The van der Waals surface area contributed by atoms with Crippen molar-refractivity contribution >= 4 is 11.6 Å². The van der Waals surface area contributed by atoms with E-state index >= 15 is 0 Å². The Morgan fingerprint density at radius 2 is 2.08 bits per heavy atom. The van der Waals surface area contributed by atoms with Crippen LogP contribution in [0, 0.1) is 0 Å². The minimum atomic E-state index is -0.585. The molecule has 1 aliphatic heterocycles. The van der Waals surface area contributed by atoms with Crippen LogP contribution in [-0.4, -0.2) is 52.9 Å². The molecule has 128 valence electrons. The molecule has 6 nitrogen and oxygen atoms in total. The molecular weight excluding hydrogens is 330 g/mol. The van der Waals surface area contributed by atoms with Gasteiger partial charge in [-0.2, -0.15) is 0 Å². The number of ether oxygens (including phenoxy) is 2. The summed E-state index contributed by atoms with van der Waals surface area (Å²) in [5.41, 5.74) is 2.02. The van der Waals surface area contributed by atoms with Crippen LogP contribution in [0.4, 0.5) is 0 Å². The second-order valence-corrected chi connectivity index (χ2v) is 6.15. The minimum absolute atomic E-state index is 0.230. The van der Waals surface area contributed by atoms with E-state index < -0.39 is 6.10 Å². The van der Waals surface area contributed by atoms with Crippen molar-refractivity contribution in [1.29, 1.82) is 0 Å². The van der Waals surface area contributed by atoms with Crippen LogP contribution in [0.1, 0.15) is 11.3 Å². The lowest BCUT2D eigenvalue weighted by molar-refractivity contribution is 0.0630. The van der Waals surface area contributed by atoms with E-state index in [9.17, 15) is 5.11 Å². The number of aromatic nitrogens is 2. The van der Waals surface area contributed by atoms with E-state index in [0.717, 1.165) is 24.2 Å². The molecular formula is C17H20ClN3O3. The number of hydrogen-bond acceptors (Lipinski definition) is 6. The Balaban J connectivity index is 1.53. The van der Waals surface area contributed by atoms with Gasteiger partial charge in [0.15, 0.2) is 0 Å². The number of halogens is 1. The Kier molecular flexibility index (Phi) is 5.50. The first-order chi connectivity index (χ1) is 11.7. The standard InChI is InChI=1S/C17H20ClN3O3/c1-23-17-15-9-21(7-6-16(15)19-11-20-17)8-13(22)10-24-14-4-2-12(18)3-5-14/h2-5,11,13,22H,6-10H2,1H3/t13-/m1/s1. The second kappa shape index (κ2) is 7.79. The third-order valence-electron chi connectivity index (χ3n) is 3.96. The van der Waals surface area contributed by atoms with Crippen LogP contribution >= 0.6 is 11.6 Å². The van der Waals surface area contributed by atoms with Gasteiger partial charge in [0.2, 0.25) is 5.88 Å². The lowest BCUT2D eigenvalue weighted by atomic mass is 10.1. The largest absolute Gasteiger partial charge is 0.491 e. The van der Waals surface area contributed by atoms with Crippen LogP contribution in [0.15, 0.2) is 30.6 Å². The Hall–Kier alpha value is -1.89. The maximum Gasteiger partial charge on any atom is 0.220 e. The van der Waals surface area contributed by atoms with Crippen molar-refractivity contribution in [2.45, 2.75) is 19.1 Å². The highest BCUT2D eigenvalue weighted by Crippen LogP contribution is 2.24. The highest BCUT2D eigenvalue weighted by Gasteiger charge is 2.23. The molecule has 1 N–H and O–H groups in total. The van der Waals surface area contributed by atoms with Crippen molar-refractivity contribution in [1.82, 2.24) is 14.9 Å². The van der Waals surface area contributed by atoms with Gasteiger partial charge < -0.3 is 14.6 Å². The molecule has 1 aromatic carbocycles. The molecule has 1 aromatic heterocycles. The highest BCUT2D eigenvalue weighted by molar-refractivity contribution is 6.30. The summed E-state index contributed by atoms with van der Waals surface area (Å²) in [5.74, 6) is 1.30. The Bertz CT molecular complexity index is 667. The Morgan fingerprint density at radius 1 is 1.29 bits per heavy atom. The van der Waals surface area contributed by atoms with E-state index in [4.69, 9.17) is 21.1 Å². The smallest absolute Gasteiger partial charge is 0.220 e. The summed E-state index contributed by atoms with van der Waals surface area (Å²) in [6.07, 6.45) is 1.76. The molecule has 0 radical (unpaired) electrons. The van der Waals surface area contributed by atoms with Gasteiger partial charge in [-0.05, 0) is 24.3 Å². The molecule has 0 bridgehead atoms. The first-order valence-corrected chi connectivity index (χ1v) is 8.19. The molecule has 0 unspecified atom stereocenters. The third kappa shape index (κ3) is 4.14. The first-order valence-electron chi connectivity index (χ1n) is 7.81. The van der Waals surface area contributed by atoms with Crippen LogP contribution in [0.2, 0.25) is 5.02 Å². The van der Waals surface area contributed by atoms with Crippen molar-refractivity contribution in [2.75, 3.05) is 26.8 Å². The van der Waals surface area contributed by atoms with Crippen LogP contribution in [0.25, 0.3) is 0 Å². The predicted molar refractivity (Wildman–Crippen MR) is 90.5 cm³/mol. The van der Waals surface area contributed by atoms with Gasteiger partial charge in [0.25, 0.3) is 0 Å². The normalized spacial score (nSPS) is 15.6. The summed E-state index contributed by atoms with van der Waals surface area (Å²) in [7, 11) is 1.61. The number of aliphatic hydroxyl groups is 1. The fourth-order valence-corrected chi connectivity index (χ4v) is 2.90. The topological polar surface area (TPSA) is 67.7 Å². The van der Waals surface area contributed by atoms with Crippen LogP contribution in [-0.2, 0) is 13.0 Å². The van der Waals surface area contributed by atoms with Crippen molar-refractivity contribution < 1.29 is 14.6 Å². The van der Waals surface area contributed by atoms with Gasteiger partial charge in [-0.3, -0.25) is 4.90 Å². The summed E-state index contributed by atoms with van der Waals surface area (Å²) in [5, 5.41) is 10.9. The van der Waals surface area contributed by atoms with Crippen molar-refractivity contribution in [3.8, 4) is 11.6 Å². The van der Waals surface area contributed by atoms with Crippen molar-refractivity contribution in [3.63, 3.8) is 0 Å². The van der Waals surface area contributed by atoms with Gasteiger partial charge in [0, 0.05) is 36.6 Å². The summed E-state index contributed by atoms with van der Waals surface area (Å²) < 4.78 is 10.9. The molecule has 0 spiro atoms. The maximum absolute atomic E-state index is 10.2. The molecule has 1 atom stereocenters. The van der Waals surface area contributed by atoms with Crippen molar-refractivity contribution in [2.24, 2.45) is 0 Å². The van der Waals surface area contributed by atoms with Gasteiger partial charge in [-0.25, -0.2) is 9.97 Å².